The fraction of sp³-hybridized carbons (Fsp3) is 1.00. The zero-order valence-corrected chi connectivity index (χ0v) is 11.6. The van der Waals surface area contributed by atoms with Gasteiger partial charge in [-0.3, -0.25) is 0 Å². The van der Waals surface area contributed by atoms with Crippen LogP contribution in [0.4, 0.5) is 0 Å². The van der Waals surface area contributed by atoms with Crippen LogP contribution in [0, 0.1) is 11.8 Å². The molecule has 0 aromatic carbocycles. The minimum Gasteiger partial charge on any atom is -0.317 e. The maximum absolute atomic E-state index is 11.7. The number of sulfone groups is 1. The Kier molecular flexibility index (Phi) is 4.47. The molecule has 1 N–H and O–H groups in total. The highest BCUT2D eigenvalue weighted by Gasteiger charge is 2.32. The molecule has 3 unspecified atom stereocenters. The van der Waals surface area contributed by atoms with Gasteiger partial charge in [-0.1, -0.05) is 12.8 Å². The van der Waals surface area contributed by atoms with E-state index in [0.29, 0.717) is 5.92 Å². The monoisotopic (exact) mass is 259 g/mol. The van der Waals surface area contributed by atoms with Gasteiger partial charge in [-0.05, 0) is 57.0 Å². The van der Waals surface area contributed by atoms with Gasteiger partial charge in [-0.25, -0.2) is 8.42 Å². The SMILES string of the molecule is CS(=O)(=O)C1CCCC(C2CCCNCC2)C1. The molecule has 0 spiro atoms. The predicted molar refractivity (Wildman–Crippen MR) is 70.8 cm³/mol. The van der Waals surface area contributed by atoms with Crippen molar-refractivity contribution in [2.45, 2.75) is 50.2 Å². The maximum atomic E-state index is 11.7. The molecule has 0 amide bonds. The van der Waals surface area contributed by atoms with Crippen molar-refractivity contribution in [3.05, 3.63) is 0 Å². The lowest BCUT2D eigenvalue weighted by Crippen LogP contribution is -2.31. The normalized spacial score (nSPS) is 36.4. The van der Waals surface area contributed by atoms with E-state index in [1.807, 2.05) is 0 Å². The summed E-state index contributed by atoms with van der Waals surface area (Å²) in [4.78, 5) is 0. The first-order chi connectivity index (χ1) is 8.07. The van der Waals surface area contributed by atoms with Crippen LogP contribution in [0.5, 0.6) is 0 Å². The minimum absolute atomic E-state index is 0.0579. The lowest BCUT2D eigenvalue weighted by atomic mass is 9.77. The molecule has 1 aliphatic heterocycles. The van der Waals surface area contributed by atoms with Gasteiger partial charge in [0.05, 0.1) is 5.25 Å². The zero-order valence-electron chi connectivity index (χ0n) is 10.8. The fourth-order valence-corrected chi connectivity index (χ4v) is 4.71. The van der Waals surface area contributed by atoms with Crippen LogP contribution in [0.15, 0.2) is 0 Å². The van der Waals surface area contributed by atoms with Crippen molar-refractivity contribution in [1.82, 2.24) is 5.32 Å². The number of nitrogens with one attached hydrogen (secondary N) is 1. The van der Waals surface area contributed by atoms with Gasteiger partial charge in [-0.2, -0.15) is 0 Å². The first kappa shape index (κ1) is 13.3. The van der Waals surface area contributed by atoms with Gasteiger partial charge >= 0.3 is 0 Å². The van der Waals surface area contributed by atoms with E-state index in [-0.39, 0.29) is 5.25 Å². The molecule has 0 bridgehead atoms. The molecule has 2 aliphatic rings. The molecule has 1 saturated heterocycles. The first-order valence-electron chi connectivity index (χ1n) is 6.97. The van der Waals surface area contributed by atoms with Gasteiger partial charge in [0.25, 0.3) is 0 Å². The van der Waals surface area contributed by atoms with E-state index in [2.05, 4.69) is 5.32 Å². The van der Waals surface area contributed by atoms with Crippen LogP contribution >= 0.6 is 0 Å². The molecular formula is C13H25NO2S. The van der Waals surface area contributed by atoms with Crippen LogP contribution < -0.4 is 5.32 Å². The third-order valence-electron chi connectivity index (χ3n) is 4.56. The summed E-state index contributed by atoms with van der Waals surface area (Å²) in [7, 11) is -2.82. The second-order valence-corrected chi connectivity index (χ2v) is 8.14. The average molecular weight is 259 g/mol. The van der Waals surface area contributed by atoms with Gasteiger partial charge in [0, 0.05) is 6.26 Å². The predicted octanol–water partition coefficient (Wildman–Crippen LogP) is 1.98. The molecule has 1 saturated carbocycles. The summed E-state index contributed by atoms with van der Waals surface area (Å²) in [6, 6.07) is 0. The Morgan fingerprint density at radius 2 is 1.71 bits per heavy atom. The Morgan fingerprint density at radius 3 is 2.47 bits per heavy atom. The smallest absolute Gasteiger partial charge is 0.150 e. The minimum atomic E-state index is -2.82. The Bertz CT molecular complexity index is 331. The van der Waals surface area contributed by atoms with Crippen molar-refractivity contribution >= 4 is 9.84 Å². The summed E-state index contributed by atoms with van der Waals surface area (Å²) >= 11 is 0. The maximum Gasteiger partial charge on any atom is 0.150 e. The molecule has 1 heterocycles. The Hall–Kier alpha value is -0.0900. The number of rotatable bonds is 2. The number of hydrogen-bond donors (Lipinski definition) is 1. The van der Waals surface area contributed by atoms with Crippen LogP contribution in [-0.4, -0.2) is 33.0 Å². The first-order valence-corrected chi connectivity index (χ1v) is 8.92. The molecule has 2 fully saturated rings. The van der Waals surface area contributed by atoms with Crippen LogP contribution in [0.25, 0.3) is 0 Å². The van der Waals surface area contributed by atoms with E-state index in [0.717, 1.165) is 38.3 Å². The van der Waals surface area contributed by atoms with Gasteiger partial charge in [0.15, 0.2) is 0 Å². The standard InChI is InChI=1S/C13H25NO2S/c1-17(15,16)13-6-2-4-12(10-13)11-5-3-8-14-9-7-11/h11-14H,2-10H2,1H3. The summed E-state index contributed by atoms with van der Waals surface area (Å²) in [5.41, 5.74) is 0. The van der Waals surface area contributed by atoms with Crippen LogP contribution in [-0.2, 0) is 9.84 Å². The third-order valence-corrected chi connectivity index (χ3v) is 6.20. The molecule has 17 heavy (non-hydrogen) atoms. The topological polar surface area (TPSA) is 46.2 Å². The van der Waals surface area contributed by atoms with Crippen LogP contribution in [0.1, 0.15) is 44.9 Å². The molecule has 0 aromatic rings. The van der Waals surface area contributed by atoms with Crippen molar-refractivity contribution in [3.63, 3.8) is 0 Å². The third kappa shape index (κ3) is 3.68. The molecule has 0 aromatic heterocycles. The Labute approximate surface area is 105 Å². The quantitative estimate of drug-likeness (QED) is 0.825. The molecule has 0 radical (unpaired) electrons. The molecule has 4 heteroatoms. The molecular weight excluding hydrogens is 234 g/mol. The Balaban J connectivity index is 1.96. The van der Waals surface area contributed by atoms with E-state index in [4.69, 9.17) is 0 Å². The van der Waals surface area contributed by atoms with Gasteiger partial charge in [0.2, 0.25) is 0 Å². The highest BCUT2D eigenvalue weighted by molar-refractivity contribution is 7.91. The van der Waals surface area contributed by atoms with E-state index in [1.165, 1.54) is 31.9 Å². The second kappa shape index (κ2) is 5.70. The molecule has 3 nitrogen and oxygen atoms in total. The largest absolute Gasteiger partial charge is 0.317 e. The van der Waals surface area contributed by atoms with Crippen molar-refractivity contribution in [1.29, 1.82) is 0 Å². The van der Waals surface area contributed by atoms with E-state index in [1.54, 1.807) is 0 Å². The van der Waals surface area contributed by atoms with Crippen LogP contribution in [0.2, 0.25) is 0 Å². The van der Waals surface area contributed by atoms with Crippen LogP contribution in [0.3, 0.4) is 0 Å². The van der Waals surface area contributed by atoms with Gasteiger partial charge in [-0.15, -0.1) is 0 Å². The molecule has 2 rings (SSSR count). The van der Waals surface area contributed by atoms with Crippen molar-refractivity contribution < 1.29 is 8.42 Å². The summed E-state index contributed by atoms with van der Waals surface area (Å²) < 4.78 is 23.3. The molecule has 1 aliphatic carbocycles. The lowest BCUT2D eigenvalue weighted by Gasteiger charge is -2.33. The zero-order chi connectivity index (χ0) is 12.3. The summed E-state index contributed by atoms with van der Waals surface area (Å²) in [5, 5.41) is 3.38. The highest BCUT2D eigenvalue weighted by atomic mass is 32.2. The summed E-state index contributed by atoms with van der Waals surface area (Å²) in [6.45, 7) is 2.25. The molecule has 3 atom stereocenters. The summed E-state index contributed by atoms with van der Waals surface area (Å²) in [5.74, 6) is 1.41. The lowest BCUT2D eigenvalue weighted by molar-refractivity contribution is 0.232. The van der Waals surface area contributed by atoms with Crippen molar-refractivity contribution in [3.8, 4) is 0 Å². The second-order valence-electron chi connectivity index (χ2n) is 5.82. The van der Waals surface area contributed by atoms with Gasteiger partial charge in [0.1, 0.15) is 9.84 Å². The van der Waals surface area contributed by atoms with E-state index < -0.39 is 9.84 Å². The van der Waals surface area contributed by atoms with Crippen molar-refractivity contribution in [2.75, 3.05) is 19.3 Å². The number of hydrogen-bond acceptors (Lipinski definition) is 3. The van der Waals surface area contributed by atoms with E-state index in [9.17, 15) is 8.42 Å². The fourth-order valence-electron chi connectivity index (χ4n) is 3.52. The van der Waals surface area contributed by atoms with Crippen molar-refractivity contribution in [2.24, 2.45) is 11.8 Å². The van der Waals surface area contributed by atoms with E-state index >= 15 is 0 Å². The average Bonchev–Trinajstić information content (AvgIpc) is 2.56. The highest BCUT2D eigenvalue weighted by Crippen LogP contribution is 2.37. The summed E-state index contributed by atoms with van der Waals surface area (Å²) in [6.07, 6.45) is 9.35. The molecule has 100 valence electrons. The Morgan fingerprint density at radius 1 is 0.941 bits per heavy atom. The van der Waals surface area contributed by atoms with Gasteiger partial charge < -0.3 is 5.32 Å².